The largest absolute Gasteiger partial charge is 0.324 e. The maximum Gasteiger partial charge on any atom is 0.237 e. The third kappa shape index (κ3) is 4.32. The van der Waals surface area contributed by atoms with Crippen LogP contribution >= 0.6 is 11.8 Å². The standard InChI is InChI=1S/C24H23N5OS/c1-16(23(30)26-21-11-5-10-20-19(21)9-6-14-25-20)31-24-28-27-22(18-12-13-18)29(24)15-17-7-3-2-4-8-17/h2-11,14,16,18H,12-13,15H2,1H3,(H,26,30). The van der Waals surface area contributed by atoms with Gasteiger partial charge in [-0.15, -0.1) is 10.2 Å². The fraction of sp³-hybridized carbons (Fsp3) is 0.250. The first-order valence-electron chi connectivity index (χ1n) is 10.5. The van der Waals surface area contributed by atoms with E-state index in [0.29, 0.717) is 12.5 Å². The molecule has 156 valence electrons. The second-order valence-corrected chi connectivity index (χ2v) is 9.12. The van der Waals surface area contributed by atoms with E-state index in [-0.39, 0.29) is 11.2 Å². The summed E-state index contributed by atoms with van der Waals surface area (Å²) in [6.07, 6.45) is 4.06. The van der Waals surface area contributed by atoms with E-state index in [9.17, 15) is 4.79 Å². The van der Waals surface area contributed by atoms with Crippen LogP contribution in [0.2, 0.25) is 0 Å². The molecule has 1 saturated carbocycles. The molecule has 1 aliphatic rings. The number of benzene rings is 2. The second kappa shape index (κ2) is 8.51. The van der Waals surface area contributed by atoms with E-state index >= 15 is 0 Å². The van der Waals surface area contributed by atoms with Crippen molar-refractivity contribution in [3.05, 3.63) is 78.2 Å². The molecule has 1 atom stereocenters. The van der Waals surface area contributed by atoms with Crippen molar-refractivity contribution in [1.29, 1.82) is 0 Å². The molecular formula is C24H23N5OS. The van der Waals surface area contributed by atoms with E-state index in [1.54, 1.807) is 6.20 Å². The van der Waals surface area contributed by atoms with Gasteiger partial charge in [-0.3, -0.25) is 9.78 Å². The first-order valence-corrected chi connectivity index (χ1v) is 11.4. The molecule has 1 aliphatic carbocycles. The monoisotopic (exact) mass is 429 g/mol. The Morgan fingerprint density at radius 2 is 1.94 bits per heavy atom. The van der Waals surface area contributed by atoms with Crippen molar-refractivity contribution in [2.75, 3.05) is 5.32 Å². The topological polar surface area (TPSA) is 72.7 Å². The predicted molar refractivity (Wildman–Crippen MR) is 123 cm³/mol. The molecule has 0 saturated heterocycles. The predicted octanol–water partition coefficient (Wildman–Crippen LogP) is 4.87. The second-order valence-electron chi connectivity index (χ2n) is 7.81. The van der Waals surface area contributed by atoms with Gasteiger partial charge in [-0.1, -0.05) is 48.2 Å². The molecule has 2 aromatic heterocycles. The molecule has 31 heavy (non-hydrogen) atoms. The molecule has 0 spiro atoms. The van der Waals surface area contributed by atoms with E-state index in [0.717, 1.165) is 40.4 Å². The molecule has 1 N–H and O–H groups in total. The van der Waals surface area contributed by atoms with Crippen LogP contribution in [0.1, 0.15) is 37.1 Å². The minimum atomic E-state index is -0.322. The summed E-state index contributed by atoms with van der Waals surface area (Å²) < 4.78 is 2.17. The quantitative estimate of drug-likeness (QED) is 0.424. The highest BCUT2D eigenvalue weighted by molar-refractivity contribution is 8.00. The Morgan fingerprint density at radius 3 is 2.74 bits per heavy atom. The van der Waals surface area contributed by atoms with Crippen molar-refractivity contribution in [3.8, 4) is 0 Å². The molecule has 0 radical (unpaired) electrons. The summed E-state index contributed by atoms with van der Waals surface area (Å²) in [6.45, 7) is 2.62. The van der Waals surface area contributed by atoms with Crippen LogP contribution in [0, 0.1) is 0 Å². The minimum absolute atomic E-state index is 0.0661. The Hall–Kier alpha value is -3.19. The Balaban J connectivity index is 1.35. The average Bonchev–Trinajstić information content (AvgIpc) is 3.57. The maximum atomic E-state index is 13.0. The number of hydrogen-bond donors (Lipinski definition) is 1. The van der Waals surface area contributed by atoms with E-state index in [2.05, 4.69) is 37.2 Å². The zero-order valence-corrected chi connectivity index (χ0v) is 18.0. The Bertz CT molecular complexity index is 1210. The summed E-state index contributed by atoms with van der Waals surface area (Å²) in [5.41, 5.74) is 2.83. The summed E-state index contributed by atoms with van der Waals surface area (Å²) >= 11 is 1.45. The molecule has 4 aromatic rings. The van der Waals surface area contributed by atoms with Gasteiger partial charge in [-0.25, -0.2) is 0 Å². The van der Waals surface area contributed by atoms with E-state index in [1.807, 2.05) is 55.5 Å². The number of fused-ring (bicyclic) bond motifs is 1. The molecular weight excluding hydrogens is 406 g/mol. The molecule has 2 heterocycles. The van der Waals surface area contributed by atoms with Gasteiger partial charge in [0.05, 0.1) is 23.0 Å². The molecule has 5 rings (SSSR count). The van der Waals surface area contributed by atoms with Gasteiger partial charge in [-0.2, -0.15) is 0 Å². The number of rotatable bonds is 7. The van der Waals surface area contributed by atoms with Crippen LogP contribution in [0.3, 0.4) is 0 Å². The molecule has 0 aliphatic heterocycles. The first kappa shape index (κ1) is 19.8. The lowest BCUT2D eigenvalue weighted by atomic mass is 10.2. The van der Waals surface area contributed by atoms with Gasteiger partial charge in [0.2, 0.25) is 5.91 Å². The lowest BCUT2D eigenvalue weighted by molar-refractivity contribution is -0.115. The van der Waals surface area contributed by atoms with Crippen molar-refractivity contribution < 1.29 is 4.79 Å². The molecule has 1 fully saturated rings. The molecule has 7 heteroatoms. The van der Waals surface area contributed by atoms with Crippen LogP contribution in [-0.4, -0.2) is 30.9 Å². The van der Waals surface area contributed by atoms with Gasteiger partial charge >= 0.3 is 0 Å². The minimum Gasteiger partial charge on any atom is -0.324 e. The summed E-state index contributed by atoms with van der Waals surface area (Å²) in [5, 5.41) is 13.4. The number of nitrogens with zero attached hydrogens (tertiary/aromatic N) is 4. The fourth-order valence-corrected chi connectivity index (χ4v) is 4.46. The van der Waals surface area contributed by atoms with Crippen molar-refractivity contribution in [3.63, 3.8) is 0 Å². The van der Waals surface area contributed by atoms with Gasteiger partial charge < -0.3 is 9.88 Å². The number of pyridine rings is 1. The Morgan fingerprint density at radius 1 is 1.10 bits per heavy atom. The van der Waals surface area contributed by atoms with Crippen LogP contribution in [-0.2, 0) is 11.3 Å². The van der Waals surface area contributed by atoms with Crippen molar-refractivity contribution in [2.45, 2.75) is 42.6 Å². The van der Waals surface area contributed by atoms with Crippen LogP contribution < -0.4 is 5.32 Å². The van der Waals surface area contributed by atoms with Gasteiger partial charge in [0.1, 0.15) is 5.82 Å². The van der Waals surface area contributed by atoms with Gasteiger partial charge in [0, 0.05) is 17.5 Å². The third-order valence-electron chi connectivity index (χ3n) is 5.43. The number of carbonyl (C=O) groups excluding carboxylic acids is 1. The highest BCUT2D eigenvalue weighted by Crippen LogP contribution is 2.40. The van der Waals surface area contributed by atoms with Gasteiger partial charge in [0.15, 0.2) is 5.16 Å². The van der Waals surface area contributed by atoms with Crippen LogP contribution in [0.5, 0.6) is 0 Å². The summed E-state index contributed by atoms with van der Waals surface area (Å²) in [6, 6.07) is 19.9. The first-order chi connectivity index (χ1) is 15.2. The Kier molecular flexibility index (Phi) is 5.42. The average molecular weight is 430 g/mol. The molecule has 0 bridgehead atoms. The zero-order chi connectivity index (χ0) is 21.2. The number of thioether (sulfide) groups is 1. The molecule has 1 amide bonds. The van der Waals surface area contributed by atoms with Gasteiger partial charge in [-0.05, 0) is 49.6 Å². The summed E-state index contributed by atoms with van der Waals surface area (Å²) in [5.74, 6) is 1.44. The third-order valence-corrected chi connectivity index (χ3v) is 6.51. The molecule has 2 aromatic carbocycles. The number of carbonyl (C=O) groups is 1. The number of hydrogen-bond acceptors (Lipinski definition) is 5. The Labute approximate surface area is 185 Å². The van der Waals surface area contributed by atoms with E-state index in [1.165, 1.54) is 17.3 Å². The zero-order valence-electron chi connectivity index (χ0n) is 17.2. The van der Waals surface area contributed by atoms with Crippen molar-refractivity contribution in [1.82, 2.24) is 19.7 Å². The van der Waals surface area contributed by atoms with Crippen LogP contribution in [0.25, 0.3) is 10.9 Å². The lowest BCUT2D eigenvalue weighted by Gasteiger charge is -2.15. The number of aromatic nitrogens is 4. The van der Waals surface area contributed by atoms with Crippen molar-refractivity contribution >= 4 is 34.3 Å². The van der Waals surface area contributed by atoms with Crippen LogP contribution in [0.15, 0.2) is 72.0 Å². The molecule has 1 unspecified atom stereocenters. The SMILES string of the molecule is CC(Sc1nnc(C2CC2)n1Cc1ccccc1)C(=O)Nc1cccc2ncccc12. The highest BCUT2D eigenvalue weighted by Gasteiger charge is 2.31. The van der Waals surface area contributed by atoms with E-state index in [4.69, 9.17) is 0 Å². The maximum absolute atomic E-state index is 13.0. The number of amides is 1. The normalized spacial score (nSPS) is 14.5. The summed E-state index contributed by atoms with van der Waals surface area (Å²) in [4.78, 5) is 17.3. The highest BCUT2D eigenvalue weighted by atomic mass is 32.2. The smallest absolute Gasteiger partial charge is 0.237 e. The molecule has 6 nitrogen and oxygen atoms in total. The fourth-order valence-electron chi connectivity index (χ4n) is 3.60. The van der Waals surface area contributed by atoms with Crippen molar-refractivity contribution in [2.24, 2.45) is 0 Å². The lowest BCUT2D eigenvalue weighted by Crippen LogP contribution is -2.23. The number of nitrogens with one attached hydrogen (secondary N) is 1. The summed E-state index contributed by atoms with van der Waals surface area (Å²) in [7, 11) is 0. The van der Waals surface area contributed by atoms with E-state index < -0.39 is 0 Å². The van der Waals surface area contributed by atoms with Gasteiger partial charge in [0.25, 0.3) is 0 Å². The number of anilines is 1. The van der Waals surface area contributed by atoms with Crippen LogP contribution in [0.4, 0.5) is 5.69 Å².